The van der Waals surface area contributed by atoms with Gasteiger partial charge in [0.25, 0.3) is 0 Å². The molecule has 5 nitrogen and oxygen atoms in total. The predicted molar refractivity (Wildman–Crippen MR) is 90.3 cm³/mol. The number of benzene rings is 1. The number of aryl methyl sites for hydroxylation is 2. The van der Waals surface area contributed by atoms with Crippen LogP contribution in [0.5, 0.6) is 0 Å². The SMILES string of the molecule is Cc1cc(=O)oc(C)c1C(=O)OCc1cc2ccccc2nc1Cl. The Balaban J connectivity index is 1.85. The molecule has 1 aromatic carbocycles. The summed E-state index contributed by atoms with van der Waals surface area (Å²) in [7, 11) is 0. The second-order valence-corrected chi connectivity index (χ2v) is 5.74. The van der Waals surface area contributed by atoms with E-state index < -0.39 is 11.6 Å². The van der Waals surface area contributed by atoms with Crippen molar-refractivity contribution in [1.29, 1.82) is 0 Å². The Bertz CT molecular complexity index is 968. The van der Waals surface area contributed by atoms with Crippen molar-refractivity contribution in [2.45, 2.75) is 20.5 Å². The van der Waals surface area contributed by atoms with Crippen molar-refractivity contribution in [2.75, 3.05) is 0 Å². The summed E-state index contributed by atoms with van der Waals surface area (Å²) in [6, 6.07) is 10.6. The zero-order valence-corrected chi connectivity index (χ0v) is 13.9. The maximum atomic E-state index is 12.3. The van der Waals surface area contributed by atoms with Crippen molar-refractivity contribution < 1.29 is 13.9 Å². The minimum Gasteiger partial charge on any atom is -0.457 e. The lowest BCUT2D eigenvalue weighted by molar-refractivity contribution is 0.0467. The number of hydrogen-bond donors (Lipinski definition) is 0. The van der Waals surface area contributed by atoms with Crippen molar-refractivity contribution in [2.24, 2.45) is 0 Å². The van der Waals surface area contributed by atoms with Crippen LogP contribution in [0.15, 0.2) is 45.6 Å². The monoisotopic (exact) mass is 343 g/mol. The molecule has 0 unspecified atom stereocenters. The molecule has 0 N–H and O–H groups in total. The van der Waals surface area contributed by atoms with Crippen LogP contribution in [-0.2, 0) is 11.3 Å². The number of pyridine rings is 1. The maximum absolute atomic E-state index is 12.3. The molecule has 0 amide bonds. The first-order chi connectivity index (χ1) is 11.5. The summed E-state index contributed by atoms with van der Waals surface area (Å²) < 4.78 is 10.3. The van der Waals surface area contributed by atoms with Gasteiger partial charge in [-0.15, -0.1) is 0 Å². The predicted octanol–water partition coefficient (Wildman–Crippen LogP) is 3.82. The standard InChI is InChI=1S/C18H14ClNO4/c1-10-7-15(21)24-11(2)16(10)18(22)23-9-13-8-12-5-3-4-6-14(12)20-17(13)19/h3-8H,9H2,1-2H3. The van der Waals surface area contributed by atoms with Gasteiger partial charge in [0.15, 0.2) is 0 Å². The largest absolute Gasteiger partial charge is 0.457 e. The molecule has 0 spiro atoms. The molecule has 0 aliphatic carbocycles. The zero-order valence-electron chi connectivity index (χ0n) is 13.1. The Morgan fingerprint density at radius 2 is 2.00 bits per heavy atom. The number of para-hydroxylation sites is 1. The van der Waals surface area contributed by atoms with E-state index in [-0.39, 0.29) is 23.1 Å². The third kappa shape index (κ3) is 3.16. The number of halogens is 1. The fraction of sp³-hybridized carbons (Fsp3) is 0.167. The summed E-state index contributed by atoms with van der Waals surface area (Å²) in [4.78, 5) is 27.9. The van der Waals surface area contributed by atoms with Crippen molar-refractivity contribution in [3.05, 3.63) is 74.4 Å². The van der Waals surface area contributed by atoms with E-state index in [4.69, 9.17) is 20.8 Å². The van der Waals surface area contributed by atoms with E-state index in [2.05, 4.69) is 4.98 Å². The fourth-order valence-corrected chi connectivity index (χ4v) is 2.72. The average molecular weight is 344 g/mol. The van der Waals surface area contributed by atoms with Crippen LogP contribution >= 0.6 is 11.6 Å². The number of nitrogens with zero attached hydrogens (tertiary/aromatic N) is 1. The van der Waals surface area contributed by atoms with Crippen LogP contribution < -0.4 is 5.63 Å². The number of aromatic nitrogens is 1. The molecule has 3 aromatic rings. The first kappa shape index (κ1) is 16.2. The Kier molecular flexibility index (Phi) is 4.36. The van der Waals surface area contributed by atoms with E-state index in [0.717, 1.165) is 10.9 Å². The maximum Gasteiger partial charge on any atom is 0.342 e. The molecular formula is C18H14ClNO4. The van der Waals surface area contributed by atoms with E-state index in [0.29, 0.717) is 11.1 Å². The highest BCUT2D eigenvalue weighted by molar-refractivity contribution is 6.30. The average Bonchev–Trinajstić information content (AvgIpc) is 2.51. The molecule has 0 fully saturated rings. The molecule has 0 saturated carbocycles. The smallest absolute Gasteiger partial charge is 0.342 e. The first-order valence-corrected chi connectivity index (χ1v) is 7.66. The molecule has 2 heterocycles. The molecule has 0 saturated heterocycles. The molecule has 0 aliphatic rings. The third-order valence-corrected chi connectivity index (χ3v) is 3.97. The Hall–Kier alpha value is -2.66. The zero-order chi connectivity index (χ0) is 17.3. The van der Waals surface area contributed by atoms with E-state index in [9.17, 15) is 9.59 Å². The minimum atomic E-state index is -0.571. The number of ether oxygens (including phenoxy) is 1. The number of fused-ring (bicyclic) bond motifs is 1. The summed E-state index contributed by atoms with van der Waals surface area (Å²) in [5.41, 5.74) is 1.64. The lowest BCUT2D eigenvalue weighted by Gasteiger charge is -2.10. The van der Waals surface area contributed by atoms with E-state index in [1.807, 2.05) is 30.3 Å². The van der Waals surface area contributed by atoms with Gasteiger partial charge in [-0.25, -0.2) is 14.6 Å². The third-order valence-electron chi connectivity index (χ3n) is 3.65. The van der Waals surface area contributed by atoms with Gasteiger partial charge in [-0.3, -0.25) is 0 Å². The summed E-state index contributed by atoms with van der Waals surface area (Å²) in [6.45, 7) is 3.19. The lowest BCUT2D eigenvalue weighted by atomic mass is 10.1. The summed E-state index contributed by atoms with van der Waals surface area (Å²) in [6.07, 6.45) is 0. The molecule has 0 bridgehead atoms. The molecule has 3 rings (SSSR count). The molecule has 0 radical (unpaired) electrons. The van der Waals surface area contributed by atoms with Crippen LogP contribution in [0.3, 0.4) is 0 Å². The number of carbonyl (C=O) groups excluding carboxylic acids is 1. The van der Waals surface area contributed by atoms with E-state index in [1.165, 1.54) is 6.07 Å². The Morgan fingerprint density at radius 3 is 2.75 bits per heavy atom. The van der Waals surface area contributed by atoms with Gasteiger partial charge >= 0.3 is 11.6 Å². The summed E-state index contributed by atoms with van der Waals surface area (Å²) in [5.74, 6) is -0.342. The number of carbonyl (C=O) groups is 1. The van der Waals surface area contributed by atoms with Crippen LogP contribution in [0, 0.1) is 13.8 Å². The lowest BCUT2D eigenvalue weighted by Crippen LogP contribution is -2.13. The quantitative estimate of drug-likeness (QED) is 0.534. The van der Waals surface area contributed by atoms with Gasteiger partial charge in [-0.2, -0.15) is 0 Å². The second-order valence-electron chi connectivity index (χ2n) is 5.39. The van der Waals surface area contributed by atoms with Gasteiger partial charge in [0.05, 0.1) is 5.52 Å². The molecule has 0 aliphatic heterocycles. The van der Waals surface area contributed by atoms with Crippen molar-refractivity contribution in [3.63, 3.8) is 0 Å². The van der Waals surface area contributed by atoms with Crippen LogP contribution in [0.25, 0.3) is 10.9 Å². The normalized spacial score (nSPS) is 10.8. The Morgan fingerprint density at radius 1 is 1.25 bits per heavy atom. The van der Waals surface area contributed by atoms with Gasteiger partial charge < -0.3 is 9.15 Å². The number of esters is 1. The molecule has 2 aromatic heterocycles. The van der Waals surface area contributed by atoms with E-state index >= 15 is 0 Å². The van der Waals surface area contributed by atoms with Gasteiger partial charge in [0.2, 0.25) is 0 Å². The molecular weight excluding hydrogens is 330 g/mol. The van der Waals surface area contributed by atoms with Gasteiger partial charge in [-0.1, -0.05) is 29.8 Å². The Labute approximate surface area is 142 Å². The molecule has 24 heavy (non-hydrogen) atoms. The van der Waals surface area contributed by atoms with Gasteiger partial charge in [0.1, 0.15) is 23.1 Å². The summed E-state index contributed by atoms with van der Waals surface area (Å²) >= 11 is 6.15. The minimum absolute atomic E-state index is 0.0203. The van der Waals surface area contributed by atoms with Crippen LogP contribution in [0.4, 0.5) is 0 Å². The molecule has 122 valence electrons. The number of hydrogen-bond acceptors (Lipinski definition) is 5. The van der Waals surface area contributed by atoms with Crippen LogP contribution in [0.1, 0.15) is 27.2 Å². The highest BCUT2D eigenvalue weighted by atomic mass is 35.5. The van der Waals surface area contributed by atoms with Crippen LogP contribution in [-0.4, -0.2) is 11.0 Å². The molecule has 0 atom stereocenters. The van der Waals surface area contributed by atoms with Gasteiger partial charge in [-0.05, 0) is 31.5 Å². The highest BCUT2D eigenvalue weighted by Crippen LogP contribution is 2.22. The molecule has 6 heteroatoms. The van der Waals surface area contributed by atoms with E-state index in [1.54, 1.807) is 13.8 Å². The van der Waals surface area contributed by atoms with Crippen molar-refractivity contribution in [3.8, 4) is 0 Å². The topological polar surface area (TPSA) is 69.4 Å². The fourth-order valence-electron chi connectivity index (χ4n) is 2.52. The van der Waals surface area contributed by atoms with Gasteiger partial charge in [0, 0.05) is 17.0 Å². The summed E-state index contributed by atoms with van der Waals surface area (Å²) in [5, 5.41) is 1.19. The van der Waals surface area contributed by atoms with Crippen molar-refractivity contribution >= 4 is 28.5 Å². The number of rotatable bonds is 3. The first-order valence-electron chi connectivity index (χ1n) is 7.28. The highest BCUT2D eigenvalue weighted by Gasteiger charge is 2.17. The second kappa shape index (κ2) is 6.45. The van der Waals surface area contributed by atoms with Crippen LogP contribution in [0.2, 0.25) is 5.15 Å². The van der Waals surface area contributed by atoms with Crippen molar-refractivity contribution in [1.82, 2.24) is 4.98 Å².